The van der Waals surface area contributed by atoms with E-state index in [-0.39, 0.29) is 55.7 Å². The molecule has 0 saturated carbocycles. The van der Waals surface area contributed by atoms with Crippen LogP contribution in [-0.2, 0) is 6.54 Å². The topological polar surface area (TPSA) is 118 Å². The van der Waals surface area contributed by atoms with Crippen LogP contribution in [0, 0.1) is 37.7 Å². The summed E-state index contributed by atoms with van der Waals surface area (Å²) in [5.74, 6) is -0.198. The van der Waals surface area contributed by atoms with E-state index in [0.29, 0.717) is 25.2 Å². The second-order valence-corrected chi connectivity index (χ2v) is 6.07. The van der Waals surface area contributed by atoms with Crippen LogP contribution >= 0.6 is 0 Å². The number of fused-ring (bicyclic) bond motifs is 1. The molecule has 2 aromatic rings. The number of likely N-dealkylation sites (tertiary alicyclic amines) is 1. The molecule has 0 atom stereocenters. The summed E-state index contributed by atoms with van der Waals surface area (Å²) < 4.78 is 1.80. The fourth-order valence-corrected chi connectivity index (χ4v) is 3.17. The number of nitrogens with zero attached hydrogens (tertiary/aromatic N) is 4. The Morgan fingerprint density at radius 3 is 2.58 bits per heavy atom. The molecular weight excluding hydrogens is 362 g/mol. The molecule has 0 aromatic carbocycles. The normalized spacial score (nSPS) is 14.8. The Labute approximate surface area is 181 Å². The van der Waals surface area contributed by atoms with Crippen LogP contribution < -0.4 is 16.4 Å². The van der Waals surface area contributed by atoms with E-state index >= 15 is 0 Å². The number of nitrogens with two attached hydrogens (primary N) is 1. The number of hydrogen-bond donors (Lipinski definition) is 3. The molecule has 0 spiro atoms. The number of carbonyl (C=O) groups excluding carboxylic acids is 2. The number of pyridine rings is 1. The van der Waals surface area contributed by atoms with E-state index in [4.69, 9.17) is 5.73 Å². The average Bonchev–Trinajstić information content (AvgIpc) is 3.05. The summed E-state index contributed by atoms with van der Waals surface area (Å²) in [5.41, 5.74) is 7.30. The summed E-state index contributed by atoms with van der Waals surface area (Å²) in [5, 5.41) is 11.3. The number of urea groups is 1. The summed E-state index contributed by atoms with van der Waals surface area (Å²) >= 11 is 0. The number of primary amides is 1. The Balaban J connectivity index is 0.00000243. The van der Waals surface area contributed by atoms with Crippen molar-refractivity contribution in [3.8, 4) is 0 Å². The predicted molar refractivity (Wildman–Crippen MR) is 94.4 cm³/mol. The van der Waals surface area contributed by atoms with E-state index < -0.39 is 0 Å². The van der Waals surface area contributed by atoms with Crippen molar-refractivity contribution in [2.24, 2.45) is 5.73 Å². The molecule has 10 heteroatoms. The minimum absolute atomic E-state index is 0. The zero-order chi connectivity index (χ0) is 18.0. The summed E-state index contributed by atoms with van der Waals surface area (Å²) in [7, 11) is 1.59. The van der Waals surface area contributed by atoms with Crippen LogP contribution in [0.1, 0.15) is 30.1 Å². The summed E-state index contributed by atoms with van der Waals surface area (Å²) in [6.07, 6.45) is 4.85. The van der Waals surface area contributed by atoms with Crippen molar-refractivity contribution in [1.29, 1.82) is 0 Å². The van der Waals surface area contributed by atoms with Gasteiger partial charge in [-0.25, -0.2) is 14.5 Å². The molecule has 0 bridgehead atoms. The van der Waals surface area contributed by atoms with Gasteiger partial charge in [0.25, 0.3) is 5.91 Å². The van der Waals surface area contributed by atoms with Crippen LogP contribution in [0.25, 0.3) is 11.0 Å². The summed E-state index contributed by atoms with van der Waals surface area (Å²) in [6.45, 7) is 3.90. The molecule has 26 heavy (non-hydrogen) atoms. The van der Waals surface area contributed by atoms with Gasteiger partial charge in [-0.3, -0.25) is 4.79 Å². The van der Waals surface area contributed by atoms with E-state index in [1.54, 1.807) is 29.0 Å². The largest absolute Gasteiger partial charge is 0.381 e. The van der Waals surface area contributed by atoms with Crippen LogP contribution in [0.4, 0.5) is 10.5 Å². The molecule has 0 unspecified atom stereocenters. The first kappa shape index (κ1) is 20.7. The standard InChI is InChI=1S/C16H23N7O2.Ar/c1-3-23-14-11(9-20-23)13(12(8-19-14)15(24)18-2)21-10-4-6-22(7-5-10)16(17)25;/h8-10H,3-7H2,1-2H3,(H2,17,25)(H,18,24)(H,19,21);. The Hall–Kier alpha value is -1.58. The zero-order valence-corrected chi connectivity index (χ0v) is 15.5. The van der Waals surface area contributed by atoms with Gasteiger partial charge in [0.1, 0.15) is 0 Å². The van der Waals surface area contributed by atoms with Crippen LogP contribution in [0.15, 0.2) is 12.4 Å². The number of rotatable bonds is 4. The smallest absolute Gasteiger partial charge is 0.314 e. The monoisotopic (exact) mass is 385 g/mol. The maximum atomic E-state index is 12.2. The predicted octanol–water partition coefficient (Wildman–Crippen LogP) is 0.766. The van der Waals surface area contributed by atoms with E-state index in [0.717, 1.165) is 29.6 Å². The van der Waals surface area contributed by atoms with Crippen LogP contribution in [0.3, 0.4) is 0 Å². The number of anilines is 1. The number of carbonyl (C=O) groups is 2. The molecule has 3 amide bonds. The van der Waals surface area contributed by atoms with Gasteiger partial charge in [-0.2, -0.15) is 5.10 Å². The van der Waals surface area contributed by atoms with Gasteiger partial charge in [-0.15, -0.1) is 0 Å². The van der Waals surface area contributed by atoms with Gasteiger partial charge < -0.3 is 21.3 Å². The first-order valence-corrected chi connectivity index (χ1v) is 8.42. The van der Waals surface area contributed by atoms with Gasteiger partial charge in [-0.1, -0.05) is 0 Å². The zero-order valence-electron chi connectivity index (χ0n) is 14.8. The SMILES string of the molecule is CCn1ncc2c(NC3CCN(C(N)=O)CC3)c(C(=O)NC)cnc21.[Ar]. The summed E-state index contributed by atoms with van der Waals surface area (Å²) in [6, 6.07) is -0.241. The molecule has 3 rings (SSSR count). The van der Waals surface area contributed by atoms with Crippen LogP contribution in [0.2, 0.25) is 0 Å². The maximum absolute atomic E-state index is 12.2. The number of amides is 3. The fourth-order valence-electron chi connectivity index (χ4n) is 3.17. The third-order valence-electron chi connectivity index (χ3n) is 4.59. The van der Waals surface area contributed by atoms with Gasteiger partial charge >= 0.3 is 6.03 Å². The number of aromatic nitrogens is 3. The van der Waals surface area contributed by atoms with Gasteiger partial charge in [-0.05, 0) is 19.8 Å². The van der Waals surface area contributed by atoms with Crippen molar-refractivity contribution in [1.82, 2.24) is 25.0 Å². The Bertz CT molecular complexity index is 799. The van der Waals surface area contributed by atoms with Crippen molar-refractivity contribution < 1.29 is 47.3 Å². The quantitative estimate of drug-likeness (QED) is 0.718. The molecule has 1 aliphatic heterocycles. The molecule has 142 valence electrons. The van der Waals surface area contributed by atoms with Crippen molar-refractivity contribution in [2.75, 3.05) is 25.5 Å². The Morgan fingerprint density at radius 1 is 1.31 bits per heavy atom. The van der Waals surface area contributed by atoms with Crippen LogP contribution in [0.5, 0.6) is 0 Å². The van der Waals surface area contributed by atoms with E-state index in [1.807, 2.05) is 6.92 Å². The first-order valence-electron chi connectivity index (χ1n) is 8.42. The minimum Gasteiger partial charge on any atom is -0.381 e. The van der Waals surface area contributed by atoms with Crippen LogP contribution in [-0.4, -0.2) is 57.8 Å². The molecular formula is C16H23ArN7O2. The third-order valence-corrected chi connectivity index (χ3v) is 4.59. The van der Waals surface area contributed by atoms with Gasteiger partial charge in [0.05, 0.1) is 22.8 Å². The van der Waals surface area contributed by atoms with E-state index in [1.165, 1.54) is 0 Å². The maximum Gasteiger partial charge on any atom is 0.314 e. The molecule has 1 saturated heterocycles. The first-order chi connectivity index (χ1) is 12.0. The molecule has 9 nitrogen and oxygen atoms in total. The average molecular weight is 385 g/mol. The minimum atomic E-state index is -0.389. The molecule has 0 radical (unpaired) electrons. The van der Waals surface area contributed by atoms with Gasteiger partial charge in [0.15, 0.2) is 5.65 Å². The second kappa shape index (κ2) is 8.88. The molecule has 4 N–H and O–H groups in total. The van der Waals surface area contributed by atoms with E-state index in [2.05, 4.69) is 20.7 Å². The number of aryl methyl sites for hydroxylation is 1. The third kappa shape index (κ3) is 4.05. The fraction of sp³-hybridized carbons (Fsp3) is 0.500. The number of hydrogen-bond acceptors (Lipinski definition) is 5. The number of piperidine rings is 1. The molecule has 3 heterocycles. The summed E-state index contributed by atoms with van der Waals surface area (Å²) in [4.78, 5) is 29.6. The van der Waals surface area contributed by atoms with Crippen molar-refractivity contribution in [2.45, 2.75) is 32.4 Å². The molecule has 2 aromatic heterocycles. The molecule has 1 aliphatic rings. The molecule has 0 aliphatic carbocycles. The van der Waals surface area contributed by atoms with Gasteiger partial charge in [0.2, 0.25) is 0 Å². The molecule has 1 fully saturated rings. The Morgan fingerprint density at radius 2 is 2.00 bits per heavy atom. The van der Waals surface area contributed by atoms with Crippen molar-refractivity contribution in [3.05, 3.63) is 18.0 Å². The second-order valence-electron chi connectivity index (χ2n) is 6.07. The number of nitrogens with one attached hydrogen (secondary N) is 2. The van der Waals surface area contributed by atoms with E-state index in [9.17, 15) is 9.59 Å². The van der Waals surface area contributed by atoms with Gasteiger partial charge in [0, 0.05) is 76.7 Å². The van der Waals surface area contributed by atoms with Crippen molar-refractivity contribution in [3.63, 3.8) is 0 Å². The Kier molecular flexibility index (Phi) is 7.08. The van der Waals surface area contributed by atoms with Crippen molar-refractivity contribution >= 4 is 28.7 Å².